The van der Waals surface area contributed by atoms with Gasteiger partial charge in [-0.3, -0.25) is 0 Å². The van der Waals surface area contributed by atoms with E-state index < -0.39 is 0 Å². The zero-order chi connectivity index (χ0) is 15.2. The minimum Gasteiger partial charge on any atom is -0.383 e. The monoisotopic (exact) mass is 287 g/mol. The van der Waals surface area contributed by atoms with E-state index in [1.165, 1.54) is 0 Å². The Kier molecular flexibility index (Phi) is 5.39. The molecule has 0 aliphatic carbocycles. The lowest BCUT2D eigenvalue weighted by Gasteiger charge is -2.07. The lowest BCUT2D eigenvalue weighted by atomic mass is 10.1. The van der Waals surface area contributed by atoms with Crippen molar-refractivity contribution in [2.45, 2.75) is 46.3 Å². The van der Waals surface area contributed by atoms with Crippen molar-refractivity contribution in [1.29, 1.82) is 0 Å². The second-order valence-corrected chi connectivity index (χ2v) is 5.30. The van der Waals surface area contributed by atoms with E-state index in [2.05, 4.69) is 36.6 Å². The largest absolute Gasteiger partial charge is 0.383 e. The number of imidazole rings is 1. The van der Waals surface area contributed by atoms with Crippen molar-refractivity contribution in [3.63, 3.8) is 0 Å². The van der Waals surface area contributed by atoms with E-state index in [1.807, 2.05) is 6.07 Å². The molecule has 114 valence electrons. The molecule has 0 amide bonds. The highest BCUT2D eigenvalue weighted by Gasteiger charge is 2.15. The predicted octanol–water partition coefficient (Wildman–Crippen LogP) is 3.64. The Bertz CT molecular complexity index is 590. The van der Waals surface area contributed by atoms with Gasteiger partial charge < -0.3 is 15.0 Å². The van der Waals surface area contributed by atoms with Crippen LogP contribution in [0.3, 0.4) is 0 Å². The SMILES string of the molecule is CCCc1nc(-c2cccc(COC)c2)c(N)n1CCC. The maximum atomic E-state index is 6.35. The van der Waals surface area contributed by atoms with Gasteiger partial charge in [-0.1, -0.05) is 32.0 Å². The summed E-state index contributed by atoms with van der Waals surface area (Å²) in [5.74, 6) is 1.86. The number of methoxy groups -OCH3 is 1. The van der Waals surface area contributed by atoms with Crippen molar-refractivity contribution < 1.29 is 4.74 Å². The maximum absolute atomic E-state index is 6.35. The van der Waals surface area contributed by atoms with Crippen molar-refractivity contribution in [2.75, 3.05) is 12.8 Å². The Morgan fingerprint density at radius 2 is 2.05 bits per heavy atom. The highest BCUT2D eigenvalue weighted by Crippen LogP contribution is 2.28. The fourth-order valence-corrected chi connectivity index (χ4v) is 2.59. The van der Waals surface area contributed by atoms with E-state index in [1.54, 1.807) is 7.11 Å². The number of hydrogen-bond donors (Lipinski definition) is 1. The molecule has 0 radical (unpaired) electrons. The fourth-order valence-electron chi connectivity index (χ4n) is 2.59. The molecule has 0 saturated heterocycles. The van der Waals surface area contributed by atoms with Gasteiger partial charge in [-0.15, -0.1) is 0 Å². The number of anilines is 1. The summed E-state index contributed by atoms with van der Waals surface area (Å²) in [5, 5.41) is 0. The van der Waals surface area contributed by atoms with Gasteiger partial charge in [0.15, 0.2) is 0 Å². The molecule has 2 aromatic rings. The number of nitrogens with two attached hydrogens (primary N) is 1. The van der Waals surface area contributed by atoms with Gasteiger partial charge in [0, 0.05) is 25.6 Å². The molecule has 0 atom stereocenters. The summed E-state index contributed by atoms with van der Waals surface area (Å²) in [5.41, 5.74) is 9.44. The first kappa shape index (κ1) is 15.6. The zero-order valence-electron chi connectivity index (χ0n) is 13.2. The lowest BCUT2D eigenvalue weighted by molar-refractivity contribution is 0.185. The summed E-state index contributed by atoms with van der Waals surface area (Å²) in [4.78, 5) is 4.79. The molecule has 0 saturated carbocycles. The van der Waals surface area contributed by atoms with Crippen LogP contribution in [0.5, 0.6) is 0 Å². The van der Waals surface area contributed by atoms with Crippen LogP contribution in [0.1, 0.15) is 38.1 Å². The molecule has 0 unspecified atom stereocenters. The summed E-state index contributed by atoms with van der Waals surface area (Å²) in [7, 11) is 1.70. The highest BCUT2D eigenvalue weighted by molar-refractivity contribution is 5.71. The van der Waals surface area contributed by atoms with Gasteiger partial charge in [0.05, 0.1) is 6.61 Å². The summed E-state index contributed by atoms with van der Waals surface area (Å²) in [6, 6.07) is 8.25. The quantitative estimate of drug-likeness (QED) is 0.846. The van der Waals surface area contributed by atoms with E-state index in [4.69, 9.17) is 15.5 Å². The van der Waals surface area contributed by atoms with Gasteiger partial charge in [0.25, 0.3) is 0 Å². The topological polar surface area (TPSA) is 53.1 Å². The number of benzene rings is 1. The van der Waals surface area contributed by atoms with Crippen molar-refractivity contribution in [2.24, 2.45) is 0 Å². The van der Waals surface area contributed by atoms with E-state index in [-0.39, 0.29) is 0 Å². The van der Waals surface area contributed by atoms with Gasteiger partial charge in [0.1, 0.15) is 17.3 Å². The number of rotatable bonds is 7. The molecule has 0 aliphatic heterocycles. The number of nitrogens with zero attached hydrogens (tertiary/aromatic N) is 2. The minimum absolute atomic E-state index is 0.602. The van der Waals surface area contributed by atoms with Crippen molar-refractivity contribution in [3.05, 3.63) is 35.7 Å². The molecule has 0 spiro atoms. The molecule has 4 heteroatoms. The molecule has 2 rings (SSSR count). The number of ether oxygens (including phenoxy) is 1. The van der Waals surface area contributed by atoms with Crippen molar-refractivity contribution >= 4 is 5.82 Å². The minimum atomic E-state index is 0.602. The van der Waals surface area contributed by atoms with E-state index in [9.17, 15) is 0 Å². The third kappa shape index (κ3) is 3.45. The number of aryl methyl sites for hydroxylation is 1. The van der Waals surface area contributed by atoms with Gasteiger partial charge >= 0.3 is 0 Å². The van der Waals surface area contributed by atoms with Crippen LogP contribution < -0.4 is 5.73 Å². The number of aromatic nitrogens is 2. The molecular formula is C17H25N3O. The van der Waals surface area contributed by atoms with E-state index >= 15 is 0 Å². The first-order chi connectivity index (χ1) is 10.2. The first-order valence-electron chi connectivity index (χ1n) is 7.64. The maximum Gasteiger partial charge on any atom is 0.131 e. The van der Waals surface area contributed by atoms with Crippen LogP contribution in [-0.2, 0) is 24.3 Å². The Labute approximate surface area is 127 Å². The molecule has 21 heavy (non-hydrogen) atoms. The lowest BCUT2D eigenvalue weighted by Crippen LogP contribution is -2.06. The second-order valence-electron chi connectivity index (χ2n) is 5.30. The van der Waals surface area contributed by atoms with Gasteiger partial charge in [-0.05, 0) is 24.5 Å². The van der Waals surface area contributed by atoms with Gasteiger partial charge in [-0.25, -0.2) is 4.98 Å². The van der Waals surface area contributed by atoms with Gasteiger partial charge in [0.2, 0.25) is 0 Å². The number of hydrogen-bond acceptors (Lipinski definition) is 3. The summed E-state index contributed by atoms with van der Waals surface area (Å²) in [6.45, 7) is 5.85. The van der Waals surface area contributed by atoms with E-state index in [0.29, 0.717) is 6.61 Å². The Balaban J connectivity index is 2.43. The molecule has 0 aliphatic rings. The zero-order valence-corrected chi connectivity index (χ0v) is 13.2. The summed E-state index contributed by atoms with van der Waals surface area (Å²) < 4.78 is 7.35. The molecule has 0 bridgehead atoms. The Morgan fingerprint density at radius 3 is 2.71 bits per heavy atom. The predicted molar refractivity (Wildman–Crippen MR) is 87.1 cm³/mol. The standard InChI is InChI=1S/C17H25N3O/c1-4-7-15-19-16(17(18)20(15)10-5-2)14-9-6-8-13(11-14)12-21-3/h6,8-9,11H,4-5,7,10,12,18H2,1-3H3. The van der Waals surface area contributed by atoms with Gasteiger partial charge in [-0.2, -0.15) is 0 Å². The number of nitrogen functional groups attached to an aromatic ring is 1. The fraction of sp³-hybridized carbons (Fsp3) is 0.471. The molecule has 1 heterocycles. The van der Waals surface area contributed by atoms with E-state index in [0.717, 1.165) is 54.3 Å². The van der Waals surface area contributed by atoms with Crippen LogP contribution in [0.4, 0.5) is 5.82 Å². The Hall–Kier alpha value is -1.81. The molecule has 0 fully saturated rings. The van der Waals surface area contributed by atoms with Crippen molar-refractivity contribution in [3.8, 4) is 11.3 Å². The molecule has 4 nitrogen and oxygen atoms in total. The van der Waals surface area contributed by atoms with Crippen LogP contribution >= 0.6 is 0 Å². The van der Waals surface area contributed by atoms with Crippen LogP contribution in [-0.4, -0.2) is 16.7 Å². The third-order valence-electron chi connectivity index (χ3n) is 3.52. The Morgan fingerprint density at radius 1 is 1.24 bits per heavy atom. The average molecular weight is 287 g/mol. The van der Waals surface area contributed by atoms with Crippen LogP contribution in [0.2, 0.25) is 0 Å². The molecule has 1 aromatic carbocycles. The summed E-state index contributed by atoms with van der Waals surface area (Å²) >= 11 is 0. The first-order valence-corrected chi connectivity index (χ1v) is 7.64. The summed E-state index contributed by atoms with van der Waals surface area (Å²) in [6.07, 6.45) is 3.09. The van der Waals surface area contributed by atoms with Crippen LogP contribution in [0.15, 0.2) is 24.3 Å². The van der Waals surface area contributed by atoms with Crippen LogP contribution in [0.25, 0.3) is 11.3 Å². The van der Waals surface area contributed by atoms with Crippen LogP contribution in [0, 0.1) is 0 Å². The second kappa shape index (κ2) is 7.27. The third-order valence-corrected chi connectivity index (χ3v) is 3.52. The van der Waals surface area contributed by atoms with Crippen molar-refractivity contribution in [1.82, 2.24) is 9.55 Å². The highest BCUT2D eigenvalue weighted by atomic mass is 16.5. The molecule has 1 aromatic heterocycles. The molecule has 2 N–H and O–H groups in total. The average Bonchev–Trinajstić information content (AvgIpc) is 2.78. The smallest absolute Gasteiger partial charge is 0.131 e. The normalized spacial score (nSPS) is 11.0. The molecular weight excluding hydrogens is 262 g/mol.